The molecule has 2 rings (SSSR count). The summed E-state index contributed by atoms with van der Waals surface area (Å²) >= 11 is 0. The van der Waals surface area contributed by atoms with Gasteiger partial charge in [0, 0.05) is 31.3 Å². The van der Waals surface area contributed by atoms with E-state index < -0.39 is 12.0 Å². The Labute approximate surface area is 155 Å². The van der Waals surface area contributed by atoms with Crippen LogP contribution in [0.5, 0.6) is 0 Å². The van der Waals surface area contributed by atoms with Crippen LogP contribution in [0.25, 0.3) is 0 Å². The maximum absolute atomic E-state index is 13.1. The van der Waals surface area contributed by atoms with Gasteiger partial charge in [-0.15, -0.1) is 0 Å². The Morgan fingerprint density at radius 2 is 1.73 bits per heavy atom. The van der Waals surface area contributed by atoms with E-state index in [0.717, 1.165) is 25.7 Å². The van der Waals surface area contributed by atoms with Gasteiger partial charge in [0.1, 0.15) is 5.69 Å². The van der Waals surface area contributed by atoms with Gasteiger partial charge in [0.05, 0.1) is 13.2 Å². The number of carbonyl (C=O) groups is 3. The fraction of sp³-hybridized carbons (Fsp3) is 0.650. The monoisotopic (exact) mass is 362 g/mol. The van der Waals surface area contributed by atoms with E-state index in [1.54, 1.807) is 37.4 Å². The van der Waals surface area contributed by atoms with E-state index in [1.165, 1.54) is 13.5 Å². The molecule has 0 saturated heterocycles. The molecule has 0 aromatic carbocycles. The molecule has 0 N–H and O–H groups in total. The fourth-order valence-electron chi connectivity index (χ4n) is 3.94. The van der Waals surface area contributed by atoms with Gasteiger partial charge in [0.15, 0.2) is 5.78 Å². The number of amides is 1. The number of hydrogen-bond acceptors (Lipinski definition) is 4. The van der Waals surface area contributed by atoms with Crippen molar-refractivity contribution in [2.24, 2.45) is 13.0 Å². The van der Waals surface area contributed by atoms with Gasteiger partial charge in [-0.1, -0.05) is 19.3 Å². The second-order valence-corrected chi connectivity index (χ2v) is 7.31. The van der Waals surface area contributed by atoms with E-state index in [0.29, 0.717) is 22.5 Å². The topological polar surface area (TPSA) is 68.6 Å². The number of nitrogens with zero attached hydrogens (tertiary/aromatic N) is 2. The lowest BCUT2D eigenvalue weighted by Crippen LogP contribution is -2.44. The summed E-state index contributed by atoms with van der Waals surface area (Å²) < 4.78 is 6.52. The summed E-state index contributed by atoms with van der Waals surface area (Å²) in [6.45, 7) is 5.32. The summed E-state index contributed by atoms with van der Waals surface area (Å²) in [6, 6.07) is -0.574. The van der Waals surface area contributed by atoms with Crippen molar-refractivity contribution in [3.05, 3.63) is 22.5 Å². The molecule has 144 valence electrons. The van der Waals surface area contributed by atoms with Crippen molar-refractivity contribution in [3.8, 4) is 0 Å². The zero-order valence-corrected chi connectivity index (χ0v) is 16.7. The smallest absolute Gasteiger partial charge is 0.354 e. The number of Topliss-reactive ketones (excluding diaryl/α,β-unsaturated/α-hetero) is 1. The molecule has 0 aliphatic heterocycles. The molecule has 1 aromatic rings. The molecule has 0 unspecified atom stereocenters. The van der Waals surface area contributed by atoms with Crippen molar-refractivity contribution >= 4 is 17.7 Å². The van der Waals surface area contributed by atoms with Crippen LogP contribution >= 0.6 is 0 Å². The number of likely N-dealkylation sites (N-methyl/N-ethyl adjacent to an activating group) is 1. The lowest BCUT2D eigenvalue weighted by atomic mass is 9.87. The van der Waals surface area contributed by atoms with Crippen LogP contribution in [0, 0.1) is 19.8 Å². The van der Waals surface area contributed by atoms with E-state index in [2.05, 4.69) is 0 Å². The number of carbonyl (C=O) groups excluding carboxylic acids is 3. The van der Waals surface area contributed by atoms with Crippen LogP contribution in [0.4, 0.5) is 0 Å². The lowest BCUT2D eigenvalue weighted by Gasteiger charge is -2.30. The minimum Gasteiger partial charge on any atom is -0.464 e. The number of ether oxygens (including phenoxy) is 1. The SMILES string of the molecule is COC(=O)c1c(C)c(C(=O)[C@@H](C)N(C)C(=O)C2CCCCC2)c(C)n1C. The summed E-state index contributed by atoms with van der Waals surface area (Å²) in [5.41, 5.74) is 2.19. The van der Waals surface area contributed by atoms with Crippen LogP contribution in [0.3, 0.4) is 0 Å². The average molecular weight is 362 g/mol. The number of ketones is 1. The van der Waals surface area contributed by atoms with Gasteiger partial charge < -0.3 is 14.2 Å². The van der Waals surface area contributed by atoms with E-state index in [1.807, 2.05) is 6.92 Å². The van der Waals surface area contributed by atoms with Gasteiger partial charge in [-0.25, -0.2) is 4.79 Å². The molecule has 1 amide bonds. The third kappa shape index (κ3) is 3.55. The summed E-state index contributed by atoms with van der Waals surface area (Å²) in [4.78, 5) is 39.5. The lowest BCUT2D eigenvalue weighted by molar-refractivity contribution is -0.136. The van der Waals surface area contributed by atoms with Crippen molar-refractivity contribution in [3.63, 3.8) is 0 Å². The van der Waals surface area contributed by atoms with E-state index in [4.69, 9.17) is 4.74 Å². The van der Waals surface area contributed by atoms with Crippen LogP contribution in [0.15, 0.2) is 0 Å². The number of hydrogen-bond donors (Lipinski definition) is 0. The molecule has 1 saturated carbocycles. The summed E-state index contributed by atoms with van der Waals surface area (Å²) in [6.07, 6.45) is 5.14. The first-order valence-electron chi connectivity index (χ1n) is 9.27. The molecule has 1 aliphatic carbocycles. The standard InChI is InChI=1S/C20H30N2O4/c1-12-16(13(2)21(4)17(12)20(25)26-6)18(23)14(3)22(5)19(24)15-10-8-7-9-11-15/h14-15H,7-11H2,1-6H3/t14-/m1/s1. The molecule has 0 bridgehead atoms. The summed E-state index contributed by atoms with van der Waals surface area (Å²) in [7, 11) is 4.77. The fourth-order valence-corrected chi connectivity index (χ4v) is 3.94. The molecular weight excluding hydrogens is 332 g/mol. The Kier molecular flexibility index (Phi) is 6.26. The van der Waals surface area contributed by atoms with Crippen LogP contribution in [0.2, 0.25) is 0 Å². The molecule has 1 aromatic heterocycles. The Morgan fingerprint density at radius 3 is 2.27 bits per heavy atom. The number of esters is 1. The molecule has 0 spiro atoms. The third-order valence-corrected chi connectivity index (χ3v) is 5.82. The molecule has 26 heavy (non-hydrogen) atoms. The minimum absolute atomic E-state index is 0.0209. The molecule has 1 fully saturated rings. The Balaban J connectivity index is 2.27. The Morgan fingerprint density at radius 1 is 1.15 bits per heavy atom. The van der Waals surface area contributed by atoms with Crippen LogP contribution in [-0.4, -0.2) is 47.3 Å². The highest BCUT2D eigenvalue weighted by atomic mass is 16.5. The molecule has 1 aliphatic rings. The molecular formula is C20H30N2O4. The normalized spacial score (nSPS) is 16.2. The Hall–Kier alpha value is -2.11. The first-order valence-corrected chi connectivity index (χ1v) is 9.27. The second-order valence-electron chi connectivity index (χ2n) is 7.31. The van der Waals surface area contributed by atoms with Crippen molar-refractivity contribution in [2.45, 2.75) is 58.9 Å². The number of aromatic nitrogens is 1. The predicted molar refractivity (Wildman–Crippen MR) is 99.4 cm³/mol. The van der Waals surface area contributed by atoms with Gasteiger partial charge in [-0.05, 0) is 39.2 Å². The zero-order chi connectivity index (χ0) is 19.6. The molecule has 1 atom stereocenters. The molecule has 1 heterocycles. The van der Waals surface area contributed by atoms with Gasteiger partial charge in [-0.2, -0.15) is 0 Å². The van der Waals surface area contributed by atoms with Crippen LogP contribution in [0.1, 0.15) is 71.1 Å². The number of rotatable bonds is 5. The number of methoxy groups -OCH3 is 1. The first kappa shape index (κ1) is 20.2. The third-order valence-electron chi connectivity index (χ3n) is 5.82. The van der Waals surface area contributed by atoms with Crippen molar-refractivity contribution in [1.82, 2.24) is 9.47 Å². The molecule has 0 radical (unpaired) electrons. The van der Waals surface area contributed by atoms with Crippen LogP contribution < -0.4 is 0 Å². The van der Waals surface area contributed by atoms with E-state index in [9.17, 15) is 14.4 Å². The van der Waals surface area contributed by atoms with Crippen molar-refractivity contribution in [2.75, 3.05) is 14.2 Å². The minimum atomic E-state index is -0.574. The van der Waals surface area contributed by atoms with E-state index >= 15 is 0 Å². The quantitative estimate of drug-likeness (QED) is 0.596. The summed E-state index contributed by atoms with van der Waals surface area (Å²) in [5, 5.41) is 0. The average Bonchev–Trinajstić information content (AvgIpc) is 2.88. The largest absolute Gasteiger partial charge is 0.464 e. The van der Waals surface area contributed by atoms with Crippen molar-refractivity contribution in [1.29, 1.82) is 0 Å². The van der Waals surface area contributed by atoms with Gasteiger partial charge in [0.2, 0.25) is 5.91 Å². The maximum Gasteiger partial charge on any atom is 0.354 e. The Bertz CT molecular complexity index is 714. The van der Waals surface area contributed by atoms with Gasteiger partial charge in [0.25, 0.3) is 0 Å². The zero-order valence-electron chi connectivity index (χ0n) is 16.7. The van der Waals surface area contributed by atoms with Gasteiger partial charge >= 0.3 is 5.97 Å². The highest BCUT2D eigenvalue weighted by Crippen LogP contribution is 2.28. The summed E-state index contributed by atoms with van der Waals surface area (Å²) in [5.74, 6) is -0.540. The highest BCUT2D eigenvalue weighted by Gasteiger charge is 2.33. The van der Waals surface area contributed by atoms with Gasteiger partial charge in [-0.3, -0.25) is 9.59 Å². The van der Waals surface area contributed by atoms with Crippen LogP contribution in [-0.2, 0) is 16.6 Å². The maximum atomic E-state index is 13.1. The first-order chi connectivity index (χ1) is 12.2. The predicted octanol–water partition coefficient (Wildman–Crippen LogP) is 3.04. The second kappa shape index (κ2) is 8.06. The van der Waals surface area contributed by atoms with Crippen molar-refractivity contribution < 1.29 is 19.1 Å². The van der Waals surface area contributed by atoms with E-state index in [-0.39, 0.29) is 17.6 Å². The highest BCUT2D eigenvalue weighted by molar-refractivity contribution is 6.06. The molecule has 6 nitrogen and oxygen atoms in total. The molecule has 6 heteroatoms.